The van der Waals surface area contributed by atoms with E-state index in [1.54, 1.807) is 0 Å². The van der Waals surface area contributed by atoms with E-state index in [1.165, 1.54) is 0 Å². The summed E-state index contributed by atoms with van der Waals surface area (Å²) in [4.78, 5) is 0. The first-order valence-electron chi connectivity index (χ1n) is 9.78. The molecule has 5 rings (SSSR count). The summed E-state index contributed by atoms with van der Waals surface area (Å²) in [5.41, 5.74) is 0. The second kappa shape index (κ2) is 6.56. The highest BCUT2D eigenvalue weighted by atomic mass is 16.5. The first-order valence-corrected chi connectivity index (χ1v) is 9.78. The molecule has 0 aromatic carbocycles. The molecule has 3 fully saturated rings. The molecule has 5 aliphatic heterocycles. The van der Waals surface area contributed by atoms with Gasteiger partial charge in [0.25, 0.3) is 0 Å². The number of hydrogen-bond donors (Lipinski definition) is 0. The average molecular weight is 332 g/mol. The van der Waals surface area contributed by atoms with Crippen LogP contribution in [0.3, 0.4) is 0 Å². The van der Waals surface area contributed by atoms with Crippen LogP contribution in [0.1, 0.15) is 51.4 Å². The van der Waals surface area contributed by atoms with E-state index in [2.05, 4.69) is 24.3 Å². The van der Waals surface area contributed by atoms with Crippen LogP contribution in [0.5, 0.6) is 0 Å². The molecule has 24 heavy (non-hydrogen) atoms. The third-order valence-corrected chi connectivity index (χ3v) is 6.15. The van der Waals surface area contributed by atoms with Crippen molar-refractivity contribution in [3.63, 3.8) is 0 Å². The smallest absolute Gasteiger partial charge is 0.0789 e. The Morgan fingerprint density at radius 2 is 0.708 bits per heavy atom. The Labute approximate surface area is 144 Å². The summed E-state index contributed by atoms with van der Waals surface area (Å²) in [5, 5.41) is 0. The summed E-state index contributed by atoms with van der Waals surface area (Å²) >= 11 is 0. The lowest BCUT2D eigenvalue weighted by atomic mass is 10.1. The monoisotopic (exact) mass is 332 g/mol. The SMILES string of the molecule is C1=CC2CC3CCC(CC4C=CC(CC5CCC(CC1O2)O5)O4)O3. The largest absolute Gasteiger partial charge is 0.375 e. The topological polar surface area (TPSA) is 36.9 Å². The van der Waals surface area contributed by atoms with Gasteiger partial charge >= 0.3 is 0 Å². The van der Waals surface area contributed by atoms with Crippen LogP contribution < -0.4 is 0 Å². The van der Waals surface area contributed by atoms with Crippen molar-refractivity contribution in [3.05, 3.63) is 24.3 Å². The molecule has 0 N–H and O–H groups in total. The Morgan fingerprint density at radius 3 is 1.00 bits per heavy atom. The standard InChI is InChI=1S/C20H28O4/c1-2-14-10-16-5-6-18(23-16)12-20-8-7-19(24-20)11-17-4-3-15(22-17)9-13(1)21-14/h1-2,7-8,13-20H,3-6,9-12H2. The molecule has 3 saturated heterocycles. The van der Waals surface area contributed by atoms with Gasteiger partial charge in [-0.2, -0.15) is 0 Å². The first kappa shape index (κ1) is 15.6. The predicted molar refractivity (Wildman–Crippen MR) is 89.9 cm³/mol. The Morgan fingerprint density at radius 1 is 0.417 bits per heavy atom. The normalized spacial score (nSPS) is 50.7. The van der Waals surface area contributed by atoms with Gasteiger partial charge in [-0.05, 0) is 25.7 Å². The van der Waals surface area contributed by atoms with Gasteiger partial charge in [0.2, 0.25) is 0 Å². The molecule has 8 unspecified atom stereocenters. The Balaban J connectivity index is 1.28. The second-order valence-corrected chi connectivity index (χ2v) is 8.05. The lowest BCUT2D eigenvalue weighted by molar-refractivity contribution is -0.0563. The molecule has 0 radical (unpaired) electrons. The first-order chi connectivity index (χ1) is 11.8. The van der Waals surface area contributed by atoms with Gasteiger partial charge in [0.15, 0.2) is 0 Å². The molecule has 4 heteroatoms. The van der Waals surface area contributed by atoms with Crippen LogP contribution >= 0.6 is 0 Å². The summed E-state index contributed by atoms with van der Waals surface area (Å²) in [6.07, 6.45) is 19.7. The van der Waals surface area contributed by atoms with Crippen LogP contribution in [0.15, 0.2) is 24.3 Å². The van der Waals surface area contributed by atoms with E-state index in [0.717, 1.165) is 51.4 Å². The molecule has 5 aliphatic rings. The fourth-order valence-electron chi connectivity index (χ4n) is 4.95. The lowest BCUT2D eigenvalue weighted by Gasteiger charge is -2.23. The third kappa shape index (κ3) is 3.34. The van der Waals surface area contributed by atoms with Crippen molar-refractivity contribution in [2.24, 2.45) is 0 Å². The van der Waals surface area contributed by atoms with Gasteiger partial charge in [0.1, 0.15) is 0 Å². The highest BCUT2D eigenvalue weighted by Crippen LogP contribution is 2.34. The fraction of sp³-hybridized carbons (Fsp3) is 0.800. The highest BCUT2D eigenvalue weighted by Gasteiger charge is 2.36. The van der Waals surface area contributed by atoms with Crippen LogP contribution in [-0.4, -0.2) is 48.8 Å². The van der Waals surface area contributed by atoms with E-state index in [0.29, 0.717) is 24.4 Å². The predicted octanol–water partition coefficient (Wildman–Crippen LogP) is 3.30. The van der Waals surface area contributed by atoms with Gasteiger partial charge < -0.3 is 18.9 Å². The number of rotatable bonds is 0. The van der Waals surface area contributed by atoms with E-state index in [-0.39, 0.29) is 24.4 Å². The fourth-order valence-corrected chi connectivity index (χ4v) is 4.95. The van der Waals surface area contributed by atoms with Crippen molar-refractivity contribution in [2.75, 3.05) is 0 Å². The zero-order chi connectivity index (χ0) is 15.9. The van der Waals surface area contributed by atoms with E-state index >= 15 is 0 Å². The molecule has 0 aliphatic carbocycles. The molecule has 0 spiro atoms. The van der Waals surface area contributed by atoms with Gasteiger partial charge in [-0.1, -0.05) is 24.3 Å². The molecule has 132 valence electrons. The second-order valence-electron chi connectivity index (χ2n) is 8.05. The summed E-state index contributed by atoms with van der Waals surface area (Å²) in [5.74, 6) is 0. The van der Waals surface area contributed by atoms with E-state index in [1.807, 2.05) is 0 Å². The summed E-state index contributed by atoms with van der Waals surface area (Å²) in [7, 11) is 0. The molecule has 4 nitrogen and oxygen atoms in total. The van der Waals surface area contributed by atoms with Gasteiger partial charge in [-0.25, -0.2) is 0 Å². The number of ether oxygens (including phenoxy) is 4. The minimum absolute atomic E-state index is 0.218. The number of hydrogen-bond acceptors (Lipinski definition) is 4. The molecule has 8 bridgehead atoms. The summed E-state index contributed by atoms with van der Waals surface area (Å²) < 4.78 is 25.0. The molecule has 0 aromatic rings. The zero-order valence-corrected chi connectivity index (χ0v) is 14.2. The molecule has 0 amide bonds. The van der Waals surface area contributed by atoms with Crippen molar-refractivity contribution >= 4 is 0 Å². The van der Waals surface area contributed by atoms with E-state index in [9.17, 15) is 0 Å². The third-order valence-electron chi connectivity index (χ3n) is 6.15. The van der Waals surface area contributed by atoms with Gasteiger partial charge in [0.05, 0.1) is 48.8 Å². The summed E-state index contributed by atoms with van der Waals surface area (Å²) in [6.45, 7) is 0. The van der Waals surface area contributed by atoms with Gasteiger partial charge in [-0.3, -0.25) is 0 Å². The van der Waals surface area contributed by atoms with Crippen LogP contribution in [0, 0.1) is 0 Å². The minimum atomic E-state index is 0.218. The van der Waals surface area contributed by atoms with Crippen LogP contribution in [0.25, 0.3) is 0 Å². The van der Waals surface area contributed by atoms with Crippen molar-refractivity contribution in [1.29, 1.82) is 0 Å². The van der Waals surface area contributed by atoms with E-state index in [4.69, 9.17) is 18.9 Å². The Hall–Kier alpha value is -0.680. The van der Waals surface area contributed by atoms with Gasteiger partial charge in [0, 0.05) is 25.7 Å². The lowest BCUT2D eigenvalue weighted by Crippen LogP contribution is -2.26. The maximum atomic E-state index is 6.27. The van der Waals surface area contributed by atoms with Crippen molar-refractivity contribution < 1.29 is 18.9 Å². The minimum Gasteiger partial charge on any atom is -0.375 e. The molecular formula is C20H28O4. The van der Waals surface area contributed by atoms with Crippen molar-refractivity contribution in [3.8, 4) is 0 Å². The molecule has 8 atom stereocenters. The van der Waals surface area contributed by atoms with Crippen LogP contribution in [-0.2, 0) is 18.9 Å². The van der Waals surface area contributed by atoms with Crippen molar-refractivity contribution in [1.82, 2.24) is 0 Å². The zero-order valence-electron chi connectivity index (χ0n) is 14.2. The highest BCUT2D eigenvalue weighted by molar-refractivity contribution is 5.06. The summed E-state index contributed by atoms with van der Waals surface area (Å²) in [6, 6.07) is 0. The molecule has 0 saturated carbocycles. The number of fused-ring (bicyclic) bond motifs is 8. The molecule has 5 heterocycles. The van der Waals surface area contributed by atoms with Crippen LogP contribution in [0.2, 0.25) is 0 Å². The van der Waals surface area contributed by atoms with E-state index < -0.39 is 0 Å². The molecular weight excluding hydrogens is 304 g/mol. The van der Waals surface area contributed by atoms with Crippen LogP contribution in [0.4, 0.5) is 0 Å². The maximum Gasteiger partial charge on any atom is 0.0789 e. The Bertz CT molecular complexity index is 430. The van der Waals surface area contributed by atoms with Gasteiger partial charge in [-0.15, -0.1) is 0 Å². The Kier molecular flexibility index (Phi) is 4.26. The average Bonchev–Trinajstić information content (AvgIpc) is 3.32. The molecule has 0 aromatic heterocycles. The quantitative estimate of drug-likeness (QED) is 0.638. The maximum absolute atomic E-state index is 6.27. The van der Waals surface area contributed by atoms with Crippen molar-refractivity contribution in [2.45, 2.75) is 100 Å².